The number of ether oxygens (including phenoxy) is 2. The van der Waals surface area contributed by atoms with Gasteiger partial charge in [0.25, 0.3) is 0 Å². The van der Waals surface area contributed by atoms with Crippen molar-refractivity contribution in [1.29, 1.82) is 5.26 Å². The van der Waals surface area contributed by atoms with Crippen LogP contribution in [-0.4, -0.2) is 30.4 Å². The van der Waals surface area contributed by atoms with Crippen molar-refractivity contribution in [3.05, 3.63) is 84.4 Å². The highest BCUT2D eigenvalue weighted by Crippen LogP contribution is 2.41. The Morgan fingerprint density at radius 1 is 1.03 bits per heavy atom. The van der Waals surface area contributed by atoms with Gasteiger partial charge in [0.2, 0.25) is 5.54 Å². The molecule has 0 heterocycles. The summed E-state index contributed by atoms with van der Waals surface area (Å²) in [4.78, 5) is 12.4. The lowest BCUT2D eigenvalue weighted by Crippen LogP contribution is -2.59. The van der Waals surface area contributed by atoms with Crippen molar-refractivity contribution in [1.82, 2.24) is 0 Å². The second kappa shape index (κ2) is 10.0. The molecule has 33 heavy (non-hydrogen) atoms. The van der Waals surface area contributed by atoms with Crippen LogP contribution in [0, 0.1) is 16.7 Å². The van der Waals surface area contributed by atoms with E-state index < -0.39 is 23.6 Å². The first-order chi connectivity index (χ1) is 15.9. The molecule has 0 amide bonds. The van der Waals surface area contributed by atoms with Crippen LogP contribution in [0.3, 0.4) is 0 Å². The highest BCUT2D eigenvalue weighted by Gasteiger charge is 2.56. The topological polar surface area (TPSA) is 91.6 Å². The van der Waals surface area contributed by atoms with E-state index in [1.54, 1.807) is 60.7 Å². The molecule has 0 saturated heterocycles. The number of nitriles is 1. The fourth-order valence-electron chi connectivity index (χ4n) is 3.63. The predicted molar refractivity (Wildman–Crippen MR) is 123 cm³/mol. The highest BCUT2D eigenvalue weighted by atomic mass is 19.1. The number of aliphatic carboxylic acids is 1. The zero-order valence-electron chi connectivity index (χ0n) is 18.4. The highest BCUT2D eigenvalue weighted by molar-refractivity contribution is 5.88. The normalized spacial score (nSPS) is 14.2. The fourth-order valence-corrected chi connectivity index (χ4v) is 3.63. The number of carboxylic acids is 1. The lowest BCUT2D eigenvalue weighted by atomic mass is 9.68. The molecular weight excluding hydrogens is 423 g/mol. The molecule has 6 nitrogen and oxygen atoms in total. The molecule has 2 N–H and O–H groups in total. The molecule has 170 valence electrons. The van der Waals surface area contributed by atoms with Gasteiger partial charge in [0.05, 0.1) is 13.8 Å². The molecule has 2 unspecified atom stereocenters. The molecule has 0 spiro atoms. The molecule has 0 radical (unpaired) electrons. The smallest absolute Gasteiger partial charge is 0.345 e. The first-order valence-corrected chi connectivity index (χ1v) is 10.3. The minimum Gasteiger partial charge on any atom is -0.497 e. The van der Waals surface area contributed by atoms with E-state index in [4.69, 9.17) is 9.47 Å². The molecular formula is C26H25FN2O4. The first-order valence-electron chi connectivity index (χ1n) is 10.3. The molecule has 0 fully saturated rings. The van der Waals surface area contributed by atoms with Crippen LogP contribution in [-0.2, 0) is 11.2 Å². The molecule has 0 aromatic heterocycles. The number of hydrogen-bond acceptors (Lipinski definition) is 5. The van der Waals surface area contributed by atoms with E-state index in [1.807, 2.05) is 24.3 Å². The Morgan fingerprint density at radius 3 is 2.24 bits per heavy atom. The summed E-state index contributed by atoms with van der Waals surface area (Å²) in [6.07, 6.45) is -0.0600. The number of benzene rings is 3. The Balaban J connectivity index is 1.99. The van der Waals surface area contributed by atoms with Gasteiger partial charge in [0, 0.05) is 11.1 Å². The second-order valence-electron chi connectivity index (χ2n) is 7.91. The minimum absolute atomic E-state index is 0.0600. The van der Waals surface area contributed by atoms with Gasteiger partial charge in [-0.1, -0.05) is 43.3 Å². The molecule has 7 heteroatoms. The summed E-state index contributed by atoms with van der Waals surface area (Å²) in [5.41, 5.74) is -2.95. The number of halogens is 1. The monoisotopic (exact) mass is 448 g/mol. The quantitative estimate of drug-likeness (QED) is 0.428. The van der Waals surface area contributed by atoms with Gasteiger partial charge in [0.15, 0.2) is 0 Å². The van der Waals surface area contributed by atoms with Crippen molar-refractivity contribution < 1.29 is 23.8 Å². The number of nitrogens with zero attached hydrogens (tertiary/aromatic N) is 1. The number of nitrogens with one attached hydrogen (secondary N) is 1. The summed E-state index contributed by atoms with van der Waals surface area (Å²) in [7, 11) is 1.51. The molecule has 0 aliphatic rings. The van der Waals surface area contributed by atoms with Gasteiger partial charge < -0.3 is 19.9 Å². The average molecular weight is 448 g/mol. The Bertz CT molecular complexity index is 1130. The van der Waals surface area contributed by atoms with Gasteiger partial charge in [0.1, 0.15) is 23.3 Å². The van der Waals surface area contributed by atoms with Gasteiger partial charge in [-0.3, -0.25) is 4.39 Å². The largest absolute Gasteiger partial charge is 0.497 e. The van der Waals surface area contributed by atoms with Gasteiger partial charge in [-0.05, 0) is 54.4 Å². The Kier molecular flexibility index (Phi) is 7.19. The number of para-hydroxylation sites is 2. The molecule has 0 aliphatic carbocycles. The van der Waals surface area contributed by atoms with E-state index in [0.29, 0.717) is 28.5 Å². The van der Waals surface area contributed by atoms with Gasteiger partial charge in [-0.2, -0.15) is 5.26 Å². The van der Waals surface area contributed by atoms with Crippen LogP contribution < -0.4 is 14.8 Å². The molecule has 0 saturated carbocycles. The van der Waals surface area contributed by atoms with E-state index in [2.05, 4.69) is 5.32 Å². The lowest BCUT2D eigenvalue weighted by Gasteiger charge is -2.40. The number of rotatable bonds is 10. The van der Waals surface area contributed by atoms with E-state index in [1.165, 1.54) is 14.0 Å². The van der Waals surface area contributed by atoms with Crippen LogP contribution in [0.1, 0.15) is 12.5 Å². The maximum Gasteiger partial charge on any atom is 0.345 e. The molecule has 0 aliphatic heterocycles. The van der Waals surface area contributed by atoms with Gasteiger partial charge >= 0.3 is 5.97 Å². The maximum absolute atomic E-state index is 14.6. The number of carbonyl (C=O) groups is 1. The fraction of sp³-hybridized carbons (Fsp3) is 0.231. The Morgan fingerprint density at radius 2 is 1.67 bits per heavy atom. The number of hydrogen-bond donors (Lipinski definition) is 2. The van der Waals surface area contributed by atoms with Crippen molar-refractivity contribution in [2.75, 3.05) is 19.1 Å². The number of methoxy groups -OCH3 is 1. The SMILES string of the molecule is COc1ccc(NC(C#N)(C(=O)O)C(C)(CF)Cc2ccccc2Oc2ccccc2)cc1. The molecule has 3 aromatic rings. The van der Waals surface area contributed by atoms with Crippen LogP contribution >= 0.6 is 0 Å². The number of anilines is 1. The van der Waals surface area contributed by atoms with Crippen LogP contribution in [0.15, 0.2) is 78.9 Å². The van der Waals surface area contributed by atoms with Crippen LogP contribution in [0.2, 0.25) is 0 Å². The van der Waals surface area contributed by atoms with Crippen LogP contribution in [0.25, 0.3) is 0 Å². The summed E-state index contributed by atoms with van der Waals surface area (Å²) < 4.78 is 25.7. The van der Waals surface area contributed by atoms with Gasteiger partial charge in [-0.15, -0.1) is 0 Å². The van der Waals surface area contributed by atoms with Crippen molar-refractivity contribution in [3.63, 3.8) is 0 Å². The van der Waals surface area contributed by atoms with E-state index in [9.17, 15) is 19.6 Å². The zero-order valence-corrected chi connectivity index (χ0v) is 18.4. The third kappa shape index (κ3) is 4.90. The standard InChI is InChI=1S/C26H25FN2O4/c1-25(17-27,16-19-8-6-7-11-23(19)33-22-9-4-3-5-10-22)26(18-28,24(30)31)29-20-12-14-21(32-2)15-13-20/h3-15,29H,16-17H2,1-2H3,(H,30,31). The minimum atomic E-state index is -2.25. The van der Waals surface area contributed by atoms with Crippen molar-refractivity contribution >= 4 is 11.7 Å². The van der Waals surface area contributed by atoms with Crippen molar-refractivity contribution in [2.24, 2.45) is 5.41 Å². The van der Waals surface area contributed by atoms with Gasteiger partial charge in [-0.25, -0.2) is 4.79 Å². The number of carboxylic acid groups (broad SMARTS) is 1. The first kappa shape index (κ1) is 23.6. The van der Waals surface area contributed by atoms with Crippen LogP contribution in [0.4, 0.5) is 10.1 Å². The molecule has 2 atom stereocenters. The summed E-state index contributed by atoms with van der Waals surface area (Å²) in [6.45, 7) is 0.385. The summed E-state index contributed by atoms with van der Waals surface area (Å²) in [6, 6.07) is 24.4. The van der Waals surface area contributed by atoms with E-state index in [-0.39, 0.29) is 6.42 Å². The Hall–Kier alpha value is -4.05. The second-order valence-corrected chi connectivity index (χ2v) is 7.91. The molecule has 0 bridgehead atoms. The van der Waals surface area contributed by atoms with Crippen molar-refractivity contribution in [3.8, 4) is 23.3 Å². The molecule has 3 aromatic carbocycles. The molecule has 3 rings (SSSR count). The summed E-state index contributed by atoms with van der Waals surface area (Å²) in [5.74, 6) is 0.152. The lowest BCUT2D eigenvalue weighted by molar-refractivity contribution is -0.144. The predicted octanol–water partition coefficient (Wildman–Crippen LogP) is 5.46. The summed E-state index contributed by atoms with van der Waals surface area (Å²) in [5, 5.41) is 22.9. The van der Waals surface area contributed by atoms with E-state index >= 15 is 0 Å². The third-order valence-electron chi connectivity index (χ3n) is 5.63. The van der Waals surface area contributed by atoms with Crippen LogP contribution in [0.5, 0.6) is 17.2 Å². The number of alkyl halides is 1. The summed E-state index contributed by atoms with van der Waals surface area (Å²) >= 11 is 0. The van der Waals surface area contributed by atoms with Crippen molar-refractivity contribution in [2.45, 2.75) is 18.9 Å². The zero-order chi connectivity index (χ0) is 23.9. The Labute approximate surface area is 192 Å². The maximum atomic E-state index is 14.6. The average Bonchev–Trinajstić information content (AvgIpc) is 2.84. The van der Waals surface area contributed by atoms with E-state index in [0.717, 1.165) is 0 Å². The third-order valence-corrected chi connectivity index (χ3v) is 5.63.